The van der Waals surface area contributed by atoms with Gasteiger partial charge in [0.2, 0.25) is 5.91 Å². The first kappa shape index (κ1) is 19.2. The highest BCUT2D eigenvalue weighted by Crippen LogP contribution is 2.23. The average Bonchev–Trinajstić information content (AvgIpc) is 2.58. The molecule has 2 saturated heterocycles. The number of nitrogens with one attached hydrogen (secondary N) is 1. The van der Waals surface area contributed by atoms with Crippen LogP contribution in [0.15, 0.2) is 0 Å². The van der Waals surface area contributed by atoms with Gasteiger partial charge >= 0.3 is 6.03 Å². The number of morpholine rings is 1. The number of hydrogen-bond acceptors (Lipinski definition) is 4. The number of urea groups is 1. The van der Waals surface area contributed by atoms with Gasteiger partial charge in [-0.25, -0.2) is 4.79 Å². The third-order valence-corrected chi connectivity index (χ3v) is 5.41. The Morgan fingerprint density at radius 2 is 1.83 bits per heavy atom. The van der Waals surface area contributed by atoms with Crippen molar-refractivity contribution in [3.63, 3.8) is 0 Å². The summed E-state index contributed by atoms with van der Waals surface area (Å²) in [4.78, 5) is 28.8. The molecule has 0 bridgehead atoms. The SMILES string of the molecule is CCC[C@@H]1CC(=O)N(CC(C(CC)CC)N2CCOCC2)C(=O)N1. The van der Waals surface area contributed by atoms with Crippen LogP contribution in [0.5, 0.6) is 0 Å². The smallest absolute Gasteiger partial charge is 0.324 e. The van der Waals surface area contributed by atoms with Crippen LogP contribution in [-0.4, -0.2) is 66.7 Å². The molecule has 2 rings (SSSR count). The topological polar surface area (TPSA) is 61.9 Å². The van der Waals surface area contributed by atoms with Crippen molar-refractivity contribution in [1.29, 1.82) is 0 Å². The Morgan fingerprint density at radius 1 is 1.17 bits per heavy atom. The van der Waals surface area contributed by atoms with E-state index in [9.17, 15) is 9.59 Å². The standard InChI is InChI=1S/C18H33N3O3/c1-4-7-15-12-17(22)21(18(23)19-15)13-16(14(5-2)6-3)20-8-10-24-11-9-20/h14-16H,4-13H2,1-3H3,(H,19,23)/t15-,16?/m1/s1. The van der Waals surface area contributed by atoms with E-state index in [0.29, 0.717) is 18.9 Å². The monoisotopic (exact) mass is 339 g/mol. The van der Waals surface area contributed by atoms with Crippen LogP contribution in [-0.2, 0) is 9.53 Å². The minimum Gasteiger partial charge on any atom is -0.379 e. The number of carbonyl (C=O) groups excluding carboxylic acids is 2. The molecule has 138 valence electrons. The van der Waals surface area contributed by atoms with Crippen molar-refractivity contribution in [1.82, 2.24) is 15.1 Å². The Morgan fingerprint density at radius 3 is 2.38 bits per heavy atom. The molecular formula is C18H33N3O3. The van der Waals surface area contributed by atoms with Gasteiger partial charge < -0.3 is 10.1 Å². The molecule has 0 aromatic rings. The van der Waals surface area contributed by atoms with E-state index in [2.05, 4.69) is 31.0 Å². The first-order valence-corrected chi connectivity index (χ1v) is 9.53. The predicted molar refractivity (Wildman–Crippen MR) is 93.8 cm³/mol. The van der Waals surface area contributed by atoms with E-state index in [1.54, 1.807) is 0 Å². The number of amides is 3. The fourth-order valence-electron chi connectivity index (χ4n) is 3.94. The Bertz CT molecular complexity index is 402. The molecule has 24 heavy (non-hydrogen) atoms. The van der Waals surface area contributed by atoms with Crippen LogP contribution >= 0.6 is 0 Å². The van der Waals surface area contributed by atoms with Crippen LogP contribution in [0.25, 0.3) is 0 Å². The van der Waals surface area contributed by atoms with Gasteiger partial charge in [-0.2, -0.15) is 0 Å². The van der Waals surface area contributed by atoms with Gasteiger partial charge in [0.15, 0.2) is 0 Å². The van der Waals surface area contributed by atoms with E-state index in [1.807, 2.05) is 0 Å². The van der Waals surface area contributed by atoms with E-state index in [0.717, 1.165) is 52.0 Å². The summed E-state index contributed by atoms with van der Waals surface area (Å²) in [6.45, 7) is 10.2. The normalized spacial score (nSPS) is 24.3. The number of imide groups is 1. The first-order chi connectivity index (χ1) is 11.6. The Kier molecular flexibility index (Phi) is 7.49. The van der Waals surface area contributed by atoms with Gasteiger partial charge in [0.05, 0.1) is 13.2 Å². The molecule has 0 spiro atoms. The molecule has 0 saturated carbocycles. The Balaban J connectivity index is 2.07. The van der Waals surface area contributed by atoms with Crippen molar-refractivity contribution in [2.75, 3.05) is 32.8 Å². The molecule has 2 aliphatic rings. The molecule has 0 radical (unpaired) electrons. The van der Waals surface area contributed by atoms with E-state index >= 15 is 0 Å². The summed E-state index contributed by atoms with van der Waals surface area (Å²) in [6.07, 6.45) is 4.38. The highest BCUT2D eigenvalue weighted by Gasteiger charge is 2.36. The van der Waals surface area contributed by atoms with Crippen molar-refractivity contribution < 1.29 is 14.3 Å². The zero-order chi connectivity index (χ0) is 17.5. The maximum Gasteiger partial charge on any atom is 0.324 e. The van der Waals surface area contributed by atoms with Gasteiger partial charge in [-0.15, -0.1) is 0 Å². The number of ether oxygens (including phenoxy) is 1. The van der Waals surface area contributed by atoms with Crippen molar-refractivity contribution in [3.05, 3.63) is 0 Å². The van der Waals surface area contributed by atoms with Gasteiger partial charge in [0, 0.05) is 38.1 Å². The van der Waals surface area contributed by atoms with Crippen LogP contribution in [0, 0.1) is 5.92 Å². The van der Waals surface area contributed by atoms with Gasteiger partial charge in [-0.1, -0.05) is 40.0 Å². The van der Waals surface area contributed by atoms with Crippen molar-refractivity contribution in [2.45, 2.75) is 65.0 Å². The lowest BCUT2D eigenvalue weighted by molar-refractivity contribution is -0.131. The molecule has 0 aliphatic carbocycles. The summed E-state index contributed by atoms with van der Waals surface area (Å²) in [5.74, 6) is 0.457. The molecule has 6 heteroatoms. The zero-order valence-corrected chi connectivity index (χ0v) is 15.4. The molecule has 2 atom stereocenters. The van der Waals surface area contributed by atoms with Crippen LogP contribution in [0.1, 0.15) is 52.9 Å². The maximum absolute atomic E-state index is 12.5. The van der Waals surface area contributed by atoms with Gasteiger partial charge in [0.1, 0.15) is 0 Å². The predicted octanol–water partition coefficient (Wildman–Crippen LogP) is 2.23. The van der Waals surface area contributed by atoms with Crippen LogP contribution < -0.4 is 5.32 Å². The summed E-state index contributed by atoms with van der Waals surface area (Å²) >= 11 is 0. The van der Waals surface area contributed by atoms with E-state index in [4.69, 9.17) is 4.74 Å². The summed E-state index contributed by atoms with van der Waals surface area (Å²) in [5.41, 5.74) is 0. The average molecular weight is 339 g/mol. The number of rotatable bonds is 8. The second kappa shape index (κ2) is 9.37. The first-order valence-electron chi connectivity index (χ1n) is 9.53. The molecule has 0 aromatic heterocycles. The van der Waals surface area contributed by atoms with Crippen LogP contribution in [0.3, 0.4) is 0 Å². The molecule has 2 fully saturated rings. The van der Waals surface area contributed by atoms with Gasteiger partial charge in [-0.05, 0) is 12.3 Å². The van der Waals surface area contributed by atoms with Gasteiger partial charge in [0.25, 0.3) is 0 Å². The van der Waals surface area contributed by atoms with Crippen LogP contribution in [0.2, 0.25) is 0 Å². The molecule has 2 aliphatic heterocycles. The number of hydrogen-bond donors (Lipinski definition) is 1. The minimum atomic E-state index is -0.214. The van der Waals surface area contributed by atoms with E-state index in [-0.39, 0.29) is 24.0 Å². The molecule has 1 N–H and O–H groups in total. The highest BCUT2D eigenvalue weighted by molar-refractivity contribution is 5.97. The summed E-state index contributed by atoms with van der Waals surface area (Å²) in [5, 5.41) is 3.00. The van der Waals surface area contributed by atoms with Crippen molar-refractivity contribution in [3.8, 4) is 0 Å². The molecule has 3 amide bonds. The second-order valence-electron chi connectivity index (χ2n) is 6.94. The largest absolute Gasteiger partial charge is 0.379 e. The van der Waals surface area contributed by atoms with Crippen molar-refractivity contribution in [2.24, 2.45) is 5.92 Å². The van der Waals surface area contributed by atoms with Crippen molar-refractivity contribution >= 4 is 11.9 Å². The number of carbonyl (C=O) groups is 2. The third kappa shape index (κ3) is 4.70. The zero-order valence-electron chi connectivity index (χ0n) is 15.4. The van der Waals surface area contributed by atoms with Crippen LogP contribution in [0.4, 0.5) is 4.79 Å². The summed E-state index contributed by atoms with van der Waals surface area (Å²) < 4.78 is 5.47. The Labute approximate surface area is 145 Å². The fourth-order valence-corrected chi connectivity index (χ4v) is 3.94. The molecule has 0 aromatic carbocycles. The fraction of sp³-hybridized carbons (Fsp3) is 0.889. The lowest BCUT2D eigenvalue weighted by Crippen LogP contribution is -2.60. The summed E-state index contributed by atoms with van der Waals surface area (Å²) in [7, 11) is 0. The summed E-state index contributed by atoms with van der Waals surface area (Å²) in [6, 6.07) is 0.0106. The third-order valence-electron chi connectivity index (χ3n) is 5.41. The minimum absolute atomic E-state index is 0.00114. The molecule has 2 heterocycles. The lowest BCUT2D eigenvalue weighted by Gasteiger charge is -2.42. The maximum atomic E-state index is 12.5. The molecule has 6 nitrogen and oxygen atoms in total. The Hall–Kier alpha value is -1.14. The quantitative estimate of drug-likeness (QED) is 0.737. The highest BCUT2D eigenvalue weighted by atomic mass is 16.5. The second-order valence-corrected chi connectivity index (χ2v) is 6.94. The lowest BCUT2D eigenvalue weighted by atomic mass is 9.91. The molecule has 1 unspecified atom stereocenters. The number of nitrogens with zero attached hydrogens (tertiary/aromatic N) is 2. The van der Waals surface area contributed by atoms with E-state index < -0.39 is 0 Å². The van der Waals surface area contributed by atoms with E-state index in [1.165, 1.54) is 4.90 Å². The molecular weight excluding hydrogens is 306 g/mol. The van der Waals surface area contributed by atoms with Gasteiger partial charge in [-0.3, -0.25) is 14.6 Å².